The maximum atomic E-state index is 13.2. The lowest BCUT2D eigenvalue weighted by Crippen LogP contribution is -2.24. The van der Waals surface area contributed by atoms with E-state index in [0.29, 0.717) is 5.02 Å². The van der Waals surface area contributed by atoms with Gasteiger partial charge < -0.3 is 10.8 Å². The van der Waals surface area contributed by atoms with Crippen molar-refractivity contribution in [2.75, 3.05) is 0 Å². The molecule has 0 heterocycles. The van der Waals surface area contributed by atoms with E-state index in [9.17, 15) is 4.39 Å². The molecule has 1 aromatic rings. The van der Waals surface area contributed by atoms with Crippen LogP contribution in [0.25, 0.3) is 0 Å². The van der Waals surface area contributed by atoms with Gasteiger partial charge in [0.1, 0.15) is 5.82 Å². The molecule has 0 radical (unpaired) electrons. The first kappa shape index (κ1) is 10.4. The van der Waals surface area contributed by atoms with Gasteiger partial charge in [0.15, 0.2) is 0 Å². The normalized spacial score (nSPS) is 15.5. The maximum Gasteiger partial charge on any atom is 0.129 e. The number of nitrogens with two attached hydrogens (primary N) is 1. The molecule has 0 aliphatic carbocycles. The summed E-state index contributed by atoms with van der Waals surface area (Å²) in [6.07, 6.45) is -0.782. The summed E-state index contributed by atoms with van der Waals surface area (Å²) in [5.74, 6) is -0.485. The minimum Gasteiger partial charge on any atom is -0.391 e. The van der Waals surface area contributed by atoms with Gasteiger partial charge in [0.25, 0.3) is 0 Å². The lowest BCUT2D eigenvalue weighted by atomic mass is 10.0. The quantitative estimate of drug-likeness (QED) is 0.771. The molecular formula is C9H11ClFNO. The van der Waals surface area contributed by atoms with Crippen molar-refractivity contribution in [1.82, 2.24) is 0 Å². The predicted octanol–water partition coefficient (Wildman–Crippen LogP) is 1.86. The monoisotopic (exact) mass is 203 g/mol. The number of hydrogen-bond donors (Lipinski definition) is 2. The van der Waals surface area contributed by atoms with Crippen LogP contribution in [-0.4, -0.2) is 11.2 Å². The molecule has 4 heteroatoms. The van der Waals surface area contributed by atoms with Crippen molar-refractivity contribution in [2.24, 2.45) is 5.73 Å². The Labute approximate surface area is 81.1 Å². The topological polar surface area (TPSA) is 46.2 Å². The van der Waals surface area contributed by atoms with Crippen molar-refractivity contribution in [3.8, 4) is 0 Å². The highest BCUT2D eigenvalue weighted by molar-refractivity contribution is 6.30. The van der Waals surface area contributed by atoms with Crippen LogP contribution in [0, 0.1) is 5.82 Å². The molecule has 0 aliphatic heterocycles. The summed E-state index contributed by atoms with van der Waals surface area (Å²) in [5, 5.41) is 9.46. The van der Waals surface area contributed by atoms with Gasteiger partial charge in [0, 0.05) is 10.6 Å². The van der Waals surface area contributed by atoms with E-state index in [-0.39, 0.29) is 5.56 Å². The molecule has 0 fully saturated rings. The molecule has 0 bridgehead atoms. The standard InChI is InChI=1S/C9H11ClFNO/c1-5(13)9(12)7-3-2-6(10)4-8(7)11/h2-5,9,13H,12H2,1H3/t5-,9-/m1/s1. The number of aliphatic hydroxyl groups is 1. The van der Waals surface area contributed by atoms with Crippen LogP contribution in [0.1, 0.15) is 18.5 Å². The molecule has 13 heavy (non-hydrogen) atoms. The van der Waals surface area contributed by atoms with Crippen LogP contribution in [0.2, 0.25) is 5.02 Å². The van der Waals surface area contributed by atoms with Crippen molar-refractivity contribution < 1.29 is 9.50 Å². The maximum absolute atomic E-state index is 13.2. The summed E-state index contributed by atoms with van der Waals surface area (Å²) >= 11 is 5.56. The zero-order valence-corrected chi connectivity index (χ0v) is 7.92. The number of aliphatic hydroxyl groups excluding tert-OH is 1. The summed E-state index contributed by atoms with van der Waals surface area (Å²) in [6, 6.07) is 3.49. The molecule has 0 aliphatic rings. The molecule has 3 N–H and O–H groups in total. The van der Waals surface area contributed by atoms with E-state index < -0.39 is 18.0 Å². The second-order valence-electron chi connectivity index (χ2n) is 2.93. The Bertz CT molecular complexity index is 304. The average Bonchev–Trinajstić information content (AvgIpc) is 2.03. The van der Waals surface area contributed by atoms with Crippen molar-refractivity contribution >= 4 is 11.6 Å². The van der Waals surface area contributed by atoms with Crippen LogP contribution in [0.15, 0.2) is 18.2 Å². The van der Waals surface area contributed by atoms with Crippen LogP contribution >= 0.6 is 11.6 Å². The van der Waals surface area contributed by atoms with Crippen molar-refractivity contribution in [3.63, 3.8) is 0 Å². The molecule has 1 aromatic carbocycles. The van der Waals surface area contributed by atoms with E-state index in [4.69, 9.17) is 22.4 Å². The first-order valence-electron chi connectivity index (χ1n) is 3.91. The Hall–Kier alpha value is -0.640. The lowest BCUT2D eigenvalue weighted by Gasteiger charge is -2.15. The predicted molar refractivity (Wildman–Crippen MR) is 50.0 cm³/mol. The highest BCUT2D eigenvalue weighted by Gasteiger charge is 2.15. The van der Waals surface area contributed by atoms with Gasteiger partial charge in [-0.3, -0.25) is 0 Å². The van der Waals surface area contributed by atoms with E-state index in [1.807, 2.05) is 0 Å². The average molecular weight is 204 g/mol. The van der Waals surface area contributed by atoms with E-state index in [1.54, 1.807) is 6.07 Å². The van der Waals surface area contributed by atoms with Gasteiger partial charge in [0.2, 0.25) is 0 Å². The van der Waals surface area contributed by atoms with E-state index in [0.717, 1.165) is 0 Å². The first-order chi connectivity index (χ1) is 6.02. The fourth-order valence-electron chi connectivity index (χ4n) is 1.03. The highest BCUT2D eigenvalue weighted by atomic mass is 35.5. The zero-order valence-electron chi connectivity index (χ0n) is 7.17. The molecule has 0 spiro atoms. The van der Waals surface area contributed by atoms with Gasteiger partial charge >= 0.3 is 0 Å². The Morgan fingerprint density at radius 1 is 1.54 bits per heavy atom. The van der Waals surface area contributed by atoms with Gasteiger partial charge in [-0.25, -0.2) is 4.39 Å². The van der Waals surface area contributed by atoms with Crippen LogP contribution in [-0.2, 0) is 0 Å². The van der Waals surface area contributed by atoms with Gasteiger partial charge in [-0.05, 0) is 19.1 Å². The van der Waals surface area contributed by atoms with Gasteiger partial charge in [-0.15, -0.1) is 0 Å². The Balaban J connectivity index is 3.01. The number of rotatable bonds is 2. The van der Waals surface area contributed by atoms with E-state index in [2.05, 4.69) is 0 Å². The second-order valence-corrected chi connectivity index (χ2v) is 3.37. The molecule has 72 valence electrons. The summed E-state index contributed by atoms with van der Waals surface area (Å²) in [5.41, 5.74) is 5.83. The van der Waals surface area contributed by atoms with Crippen LogP contribution < -0.4 is 5.73 Å². The number of hydrogen-bond acceptors (Lipinski definition) is 2. The lowest BCUT2D eigenvalue weighted by molar-refractivity contribution is 0.162. The smallest absolute Gasteiger partial charge is 0.129 e. The Kier molecular flexibility index (Phi) is 3.25. The molecule has 0 saturated heterocycles. The number of halogens is 2. The van der Waals surface area contributed by atoms with Crippen LogP contribution in [0.3, 0.4) is 0 Å². The first-order valence-corrected chi connectivity index (χ1v) is 4.28. The summed E-state index contributed by atoms with van der Waals surface area (Å²) in [7, 11) is 0. The minimum atomic E-state index is -0.782. The molecule has 0 amide bonds. The van der Waals surface area contributed by atoms with Crippen LogP contribution in [0.4, 0.5) is 4.39 Å². The summed E-state index contributed by atoms with van der Waals surface area (Å²) < 4.78 is 13.2. The molecule has 0 aromatic heterocycles. The zero-order chi connectivity index (χ0) is 10.0. The van der Waals surface area contributed by atoms with Crippen molar-refractivity contribution in [2.45, 2.75) is 19.1 Å². The number of benzene rings is 1. The van der Waals surface area contributed by atoms with Crippen LogP contribution in [0.5, 0.6) is 0 Å². The molecule has 2 nitrogen and oxygen atoms in total. The fraction of sp³-hybridized carbons (Fsp3) is 0.333. The molecule has 0 unspecified atom stereocenters. The molecule has 2 atom stereocenters. The Morgan fingerprint density at radius 3 is 2.62 bits per heavy atom. The molecule has 1 rings (SSSR count). The van der Waals surface area contributed by atoms with Crippen molar-refractivity contribution in [3.05, 3.63) is 34.6 Å². The third-order valence-electron chi connectivity index (χ3n) is 1.84. The van der Waals surface area contributed by atoms with E-state index in [1.165, 1.54) is 19.1 Å². The van der Waals surface area contributed by atoms with Gasteiger partial charge in [0.05, 0.1) is 12.1 Å². The van der Waals surface area contributed by atoms with Crippen molar-refractivity contribution in [1.29, 1.82) is 0 Å². The van der Waals surface area contributed by atoms with E-state index >= 15 is 0 Å². The SMILES string of the molecule is C[C@@H](O)[C@@H](N)c1ccc(Cl)cc1F. The summed E-state index contributed by atoms with van der Waals surface area (Å²) in [6.45, 7) is 1.51. The largest absolute Gasteiger partial charge is 0.391 e. The molecular weight excluding hydrogens is 193 g/mol. The third-order valence-corrected chi connectivity index (χ3v) is 2.08. The Morgan fingerprint density at radius 2 is 2.15 bits per heavy atom. The summed E-state index contributed by atoms with van der Waals surface area (Å²) in [4.78, 5) is 0. The van der Waals surface area contributed by atoms with Gasteiger partial charge in [-0.2, -0.15) is 0 Å². The third kappa shape index (κ3) is 2.40. The fourth-order valence-corrected chi connectivity index (χ4v) is 1.19. The highest BCUT2D eigenvalue weighted by Crippen LogP contribution is 2.21. The minimum absolute atomic E-state index is 0.277. The molecule has 0 saturated carbocycles. The second kappa shape index (κ2) is 4.05. The van der Waals surface area contributed by atoms with Gasteiger partial charge in [-0.1, -0.05) is 17.7 Å².